The molecule has 29 heavy (non-hydrogen) atoms. The van der Waals surface area contributed by atoms with Gasteiger partial charge in [0.1, 0.15) is 5.82 Å². The van der Waals surface area contributed by atoms with Crippen LogP contribution in [0.1, 0.15) is 41.9 Å². The summed E-state index contributed by atoms with van der Waals surface area (Å²) in [7, 11) is 2.01. The Balaban J connectivity index is 1.26. The van der Waals surface area contributed by atoms with Gasteiger partial charge in [-0.2, -0.15) is 0 Å². The van der Waals surface area contributed by atoms with Crippen LogP contribution in [0.2, 0.25) is 0 Å². The third-order valence-corrected chi connectivity index (χ3v) is 6.04. The van der Waals surface area contributed by atoms with E-state index >= 15 is 0 Å². The molecule has 0 aliphatic carbocycles. The first-order chi connectivity index (χ1) is 14.1. The minimum atomic E-state index is 0.0264. The molecule has 2 aliphatic heterocycles. The molecule has 0 bridgehead atoms. The van der Waals surface area contributed by atoms with Crippen LogP contribution in [0.3, 0.4) is 0 Å². The fourth-order valence-electron chi connectivity index (χ4n) is 4.15. The van der Waals surface area contributed by atoms with Crippen molar-refractivity contribution in [3.63, 3.8) is 0 Å². The summed E-state index contributed by atoms with van der Waals surface area (Å²) in [5.41, 5.74) is 1.44. The number of likely N-dealkylation sites (tertiary alicyclic amines) is 2. The molecule has 0 spiro atoms. The lowest BCUT2D eigenvalue weighted by atomic mass is 9.95. The number of anilines is 1. The van der Waals surface area contributed by atoms with E-state index in [1.165, 1.54) is 0 Å². The second kappa shape index (κ2) is 8.78. The van der Waals surface area contributed by atoms with Crippen molar-refractivity contribution < 1.29 is 9.59 Å². The summed E-state index contributed by atoms with van der Waals surface area (Å²) >= 11 is 0. The van der Waals surface area contributed by atoms with E-state index in [1.807, 2.05) is 53.2 Å². The number of aromatic nitrogens is 2. The van der Waals surface area contributed by atoms with Gasteiger partial charge in [-0.15, -0.1) is 0 Å². The number of amides is 2. The highest BCUT2D eigenvalue weighted by atomic mass is 16.2. The predicted molar refractivity (Wildman–Crippen MR) is 111 cm³/mol. The highest BCUT2D eigenvalue weighted by molar-refractivity contribution is 5.96. The highest BCUT2D eigenvalue weighted by Crippen LogP contribution is 2.21. The molecule has 2 aliphatic rings. The molecule has 4 rings (SSSR count). The van der Waals surface area contributed by atoms with E-state index in [4.69, 9.17) is 0 Å². The van der Waals surface area contributed by atoms with Crippen LogP contribution < -0.4 is 5.32 Å². The standard InChI is InChI=1S/C22H29N5O2/c1-25-15-10-23-20(25)16-26-13-8-17(9-14-26)21(28)24-19-6-4-18(5-7-19)22(29)27-11-2-3-12-27/h4-7,10,15,17H,2-3,8-9,11-14,16H2,1H3,(H,24,28). The number of carbonyl (C=O) groups excluding carboxylic acids is 2. The lowest BCUT2D eigenvalue weighted by molar-refractivity contribution is -0.121. The SMILES string of the molecule is Cn1ccnc1CN1CCC(C(=O)Nc2ccc(C(=O)N3CCCC3)cc2)CC1. The number of carbonyl (C=O) groups is 2. The second-order valence-corrected chi connectivity index (χ2v) is 8.07. The van der Waals surface area contributed by atoms with E-state index in [0.717, 1.165) is 69.9 Å². The Kier molecular flexibility index (Phi) is 5.94. The second-order valence-electron chi connectivity index (χ2n) is 8.07. The summed E-state index contributed by atoms with van der Waals surface area (Å²) < 4.78 is 2.04. The maximum absolute atomic E-state index is 12.7. The van der Waals surface area contributed by atoms with E-state index in [1.54, 1.807) is 0 Å². The summed E-state index contributed by atoms with van der Waals surface area (Å²) in [5.74, 6) is 1.23. The zero-order valence-corrected chi connectivity index (χ0v) is 17.0. The molecule has 2 aromatic rings. The number of benzene rings is 1. The Morgan fingerprint density at radius 3 is 2.38 bits per heavy atom. The molecule has 7 heteroatoms. The molecule has 0 unspecified atom stereocenters. The fourth-order valence-corrected chi connectivity index (χ4v) is 4.15. The molecule has 2 saturated heterocycles. The van der Waals surface area contributed by atoms with Crippen molar-refractivity contribution in [2.24, 2.45) is 13.0 Å². The third-order valence-electron chi connectivity index (χ3n) is 6.04. The number of nitrogens with zero attached hydrogens (tertiary/aromatic N) is 4. The van der Waals surface area contributed by atoms with Crippen molar-refractivity contribution in [3.8, 4) is 0 Å². The van der Waals surface area contributed by atoms with E-state index in [0.29, 0.717) is 5.56 Å². The van der Waals surface area contributed by atoms with E-state index in [2.05, 4.69) is 15.2 Å². The average Bonchev–Trinajstić information content (AvgIpc) is 3.41. The van der Waals surface area contributed by atoms with Gasteiger partial charge in [0.15, 0.2) is 0 Å². The molecule has 2 amide bonds. The minimum absolute atomic E-state index is 0.0264. The van der Waals surface area contributed by atoms with Crippen molar-refractivity contribution in [2.75, 3.05) is 31.5 Å². The zero-order valence-electron chi connectivity index (χ0n) is 17.0. The van der Waals surface area contributed by atoms with Crippen LogP contribution in [-0.2, 0) is 18.4 Å². The highest BCUT2D eigenvalue weighted by Gasteiger charge is 2.26. The van der Waals surface area contributed by atoms with Gasteiger partial charge in [0.2, 0.25) is 5.91 Å². The minimum Gasteiger partial charge on any atom is -0.339 e. The maximum Gasteiger partial charge on any atom is 0.253 e. The molecule has 0 radical (unpaired) electrons. The predicted octanol–water partition coefficient (Wildman–Crippen LogP) is 2.51. The van der Waals surface area contributed by atoms with Gasteiger partial charge in [-0.05, 0) is 63.0 Å². The largest absolute Gasteiger partial charge is 0.339 e. The molecule has 2 fully saturated rings. The van der Waals surface area contributed by atoms with Crippen LogP contribution in [0.5, 0.6) is 0 Å². The molecular weight excluding hydrogens is 366 g/mol. The van der Waals surface area contributed by atoms with Crippen molar-refractivity contribution in [1.29, 1.82) is 0 Å². The maximum atomic E-state index is 12.7. The Bertz CT molecular complexity index is 846. The summed E-state index contributed by atoms with van der Waals surface area (Å²) in [4.78, 5) is 33.7. The third kappa shape index (κ3) is 4.67. The number of hydrogen-bond donors (Lipinski definition) is 1. The topological polar surface area (TPSA) is 70.5 Å². The Morgan fingerprint density at radius 1 is 1.07 bits per heavy atom. The van der Waals surface area contributed by atoms with Gasteiger partial charge < -0.3 is 14.8 Å². The first-order valence-corrected chi connectivity index (χ1v) is 10.5. The molecular formula is C22H29N5O2. The van der Waals surface area contributed by atoms with Crippen molar-refractivity contribution in [3.05, 3.63) is 48.0 Å². The quantitative estimate of drug-likeness (QED) is 0.845. The molecule has 0 saturated carbocycles. The molecule has 1 aromatic heterocycles. The summed E-state index contributed by atoms with van der Waals surface area (Å²) in [5, 5.41) is 3.02. The average molecular weight is 396 g/mol. The Morgan fingerprint density at radius 2 is 1.76 bits per heavy atom. The molecule has 3 heterocycles. The molecule has 1 aromatic carbocycles. The van der Waals surface area contributed by atoms with Gasteiger partial charge in [0.05, 0.1) is 6.54 Å². The normalized spacial score (nSPS) is 18.2. The molecule has 154 valence electrons. The van der Waals surface area contributed by atoms with Crippen LogP contribution in [0.4, 0.5) is 5.69 Å². The number of aryl methyl sites for hydroxylation is 1. The number of imidazole rings is 1. The smallest absolute Gasteiger partial charge is 0.253 e. The van der Waals surface area contributed by atoms with Gasteiger partial charge in [-0.1, -0.05) is 0 Å². The number of nitrogens with one attached hydrogen (secondary N) is 1. The summed E-state index contributed by atoms with van der Waals surface area (Å²) in [6, 6.07) is 7.28. The van der Waals surface area contributed by atoms with Gasteiger partial charge >= 0.3 is 0 Å². The zero-order chi connectivity index (χ0) is 20.2. The first-order valence-electron chi connectivity index (χ1n) is 10.5. The van der Waals surface area contributed by atoms with Crippen LogP contribution in [0, 0.1) is 5.92 Å². The van der Waals surface area contributed by atoms with Gasteiger partial charge in [0, 0.05) is 49.7 Å². The number of hydrogen-bond acceptors (Lipinski definition) is 4. The van der Waals surface area contributed by atoms with Crippen LogP contribution >= 0.6 is 0 Å². The van der Waals surface area contributed by atoms with E-state index in [-0.39, 0.29) is 17.7 Å². The van der Waals surface area contributed by atoms with Gasteiger partial charge in [-0.25, -0.2) is 4.98 Å². The van der Waals surface area contributed by atoms with E-state index < -0.39 is 0 Å². The van der Waals surface area contributed by atoms with Crippen molar-refractivity contribution in [1.82, 2.24) is 19.4 Å². The van der Waals surface area contributed by atoms with Crippen LogP contribution in [-0.4, -0.2) is 57.3 Å². The van der Waals surface area contributed by atoms with Gasteiger partial charge in [0.25, 0.3) is 5.91 Å². The summed E-state index contributed by atoms with van der Waals surface area (Å²) in [6.07, 6.45) is 7.64. The Labute approximate surface area is 171 Å². The number of piperidine rings is 1. The van der Waals surface area contributed by atoms with E-state index in [9.17, 15) is 9.59 Å². The molecule has 0 atom stereocenters. The molecule has 7 nitrogen and oxygen atoms in total. The fraction of sp³-hybridized carbons (Fsp3) is 0.500. The molecule has 1 N–H and O–H groups in total. The van der Waals surface area contributed by atoms with Crippen LogP contribution in [0.15, 0.2) is 36.7 Å². The number of rotatable bonds is 5. The van der Waals surface area contributed by atoms with Crippen molar-refractivity contribution >= 4 is 17.5 Å². The summed E-state index contributed by atoms with van der Waals surface area (Å²) in [6.45, 7) is 4.30. The van der Waals surface area contributed by atoms with Crippen molar-refractivity contribution in [2.45, 2.75) is 32.2 Å². The van der Waals surface area contributed by atoms with Gasteiger partial charge in [-0.3, -0.25) is 14.5 Å². The first kappa shape index (κ1) is 19.6. The lowest BCUT2D eigenvalue weighted by Gasteiger charge is -2.31. The van der Waals surface area contributed by atoms with Crippen LogP contribution in [0.25, 0.3) is 0 Å². The Hall–Kier alpha value is -2.67. The lowest BCUT2D eigenvalue weighted by Crippen LogP contribution is -2.38. The monoisotopic (exact) mass is 395 g/mol.